The SMILES string of the molecule is O=C([O-])c1ccccc1[I+]c1ccc(Br)cc1. The van der Waals surface area contributed by atoms with Crippen LogP contribution in [0.15, 0.2) is 53.0 Å². The predicted molar refractivity (Wildman–Crippen MR) is 62.3 cm³/mol. The summed E-state index contributed by atoms with van der Waals surface area (Å²) in [4.78, 5) is 11.0. The molecule has 0 N–H and O–H groups in total. The molecule has 0 aliphatic heterocycles. The van der Waals surface area contributed by atoms with Gasteiger partial charge in [-0.15, -0.1) is 0 Å². The van der Waals surface area contributed by atoms with Crippen molar-refractivity contribution in [2.24, 2.45) is 0 Å². The number of hydrogen-bond acceptors (Lipinski definition) is 2. The zero-order chi connectivity index (χ0) is 12.3. The van der Waals surface area contributed by atoms with Gasteiger partial charge in [0, 0.05) is 4.47 Å². The molecule has 0 aromatic heterocycles. The van der Waals surface area contributed by atoms with E-state index in [1.807, 2.05) is 36.4 Å². The molecule has 0 aliphatic carbocycles. The zero-order valence-electron chi connectivity index (χ0n) is 8.69. The topological polar surface area (TPSA) is 40.1 Å². The second kappa shape index (κ2) is 5.64. The predicted octanol–water partition coefficient (Wildman–Crippen LogP) is -1.06. The van der Waals surface area contributed by atoms with Crippen LogP contribution >= 0.6 is 15.9 Å². The Morgan fingerprint density at radius 3 is 2.35 bits per heavy atom. The van der Waals surface area contributed by atoms with Gasteiger partial charge in [-0.1, -0.05) is 28.1 Å². The number of hydrogen-bond donors (Lipinski definition) is 0. The summed E-state index contributed by atoms with van der Waals surface area (Å²) in [6.45, 7) is 0. The van der Waals surface area contributed by atoms with Gasteiger partial charge in [0.1, 0.15) is 0 Å². The second-order valence-electron chi connectivity index (χ2n) is 3.30. The number of carboxylic acid groups (broad SMARTS) is 1. The minimum atomic E-state index is -1.10. The van der Waals surface area contributed by atoms with Crippen LogP contribution in [-0.2, 0) is 0 Å². The second-order valence-corrected chi connectivity index (χ2v) is 7.16. The van der Waals surface area contributed by atoms with Gasteiger partial charge >= 0.3 is 21.2 Å². The first-order valence-electron chi connectivity index (χ1n) is 4.87. The highest BCUT2D eigenvalue weighted by Gasteiger charge is 2.19. The molecule has 0 aliphatic rings. The number of aromatic carboxylic acids is 1. The Morgan fingerprint density at radius 1 is 1.06 bits per heavy atom. The molecular weight excluding hydrogens is 395 g/mol. The van der Waals surface area contributed by atoms with Crippen LogP contribution in [0.1, 0.15) is 10.4 Å². The molecule has 2 rings (SSSR count). The lowest BCUT2D eigenvalue weighted by Gasteiger charge is -2.00. The Kier molecular flexibility index (Phi) is 4.17. The summed E-state index contributed by atoms with van der Waals surface area (Å²) >= 11 is 2.90. The molecule has 2 aromatic carbocycles. The first-order chi connectivity index (χ1) is 8.16. The Bertz CT molecular complexity index is 537. The molecule has 17 heavy (non-hydrogen) atoms. The van der Waals surface area contributed by atoms with Gasteiger partial charge < -0.3 is 9.90 Å². The molecule has 0 spiro atoms. The number of benzene rings is 2. The molecule has 0 fully saturated rings. The summed E-state index contributed by atoms with van der Waals surface area (Å²) in [7, 11) is 0. The van der Waals surface area contributed by atoms with E-state index in [0.29, 0.717) is 5.56 Å². The van der Waals surface area contributed by atoms with Gasteiger partial charge in [-0.25, -0.2) is 0 Å². The van der Waals surface area contributed by atoms with E-state index in [0.717, 1.165) is 8.04 Å². The van der Waals surface area contributed by atoms with Gasteiger partial charge in [-0.2, -0.15) is 0 Å². The maximum atomic E-state index is 11.0. The molecule has 0 heterocycles. The number of halogens is 2. The van der Waals surface area contributed by atoms with E-state index in [2.05, 4.69) is 15.9 Å². The van der Waals surface area contributed by atoms with Crippen LogP contribution in [0.25, 0.3) is 0 Å². The highest BCUT2D eigenvalue weighted by atomic mass is 127. The third-order valence-corrected chi connectivity index (χ3v) is 5.50. The Morgan fingerprint density at radius 2 is 1.71 bits per heavy atom. The molecular formula is C13H8BrIO2. The highest BCUT2D eigenvalue weighted by molar-refractivity contribution is 9.10. The zero-order valence-corrected chi connectivity index (χ0v) is 12.4. The van der Waals surface area contributed by atoms with Gasteiger partial charge in [-0.05, 0) is 36.4 Å². The highest BCUT2D eigenvalue weighted by Crippen LogP contribution is 2.06. The molecule has 0 saturated carbocycles. The van der Waals surface area contributed by atoms with Crippen molar-refractivity contribution in [3.8, 4) is 0 Å². The van der Waals surface area contributed by atoms with Crippen molar-refractivity contribution in [1.82, 2.24) is 0 Å². The molecule has 2 aromatic rings. The van der Waals surface area contributed by atoms with E-state index in [9.17, 15) is 9.90 Å². The minimum absolute atomic E-state index is 0.309. The summed E-state index contributed by atoms with van der Waals surface area (Å²) in [6, 6.07) is 15.0. The van der Waals surface area contributed by atoms with Crippen LogP contribution in [0.3, 0.4) is 0 Å². The molecule has 0 unspecified atom stereocenters. The van der Waals surface area contributed by atoms with Crippen molar-refractivity contribution in [3.05, 3.63) is 65.7 Å². The third kappa shape index (κ3) is 3.29. The Balaban J connectivity index is 2.30. The van der Waals surface area contributed by atoms with Crippen molar-refractivity contribution in [3.63, 3.8) is 0 Å². The quantitative estimate of drug-likeness (QED) is 0.614. The molecule has 0 bridgehead atoms. The molecule has 4 heteroatoms. The van der Waals surface area contributed by atoms with E-state index in [4.69, 9.17) is 0 Å². The average molecular weight is 403 g/mol. The van der Waals surface area contributed by atoms with Crippen molar-refractivity contribution < 1.29 is 31.1 Å². The summed E-state index contributed by atoms with van der Waals surface area (Å²) in [5.41, 5.74) is 0.309. The molecule has 2 nitrogen and oxygen atoms in total. The normalized spacial score (nSPS) is 10.2. The molecule has 86 valence electrons. The Labute approximate surface area is 118 Å². The van der Waals surface area contributed by atoms with Crippen molar-refractivity contribution in [2.75, 3.05) is 0 Å². The van der Waals surface area contributed by atoms with E-state index in [-0.39, 0.29) is 0 Å². The fourth-order valence-electron chi connectivity index (χ4n) is 1.32. The third-order valence-electron chi connectivity index (χ3n) is 2.11. The fourth-order valence-corrected chi connectivity index (χ4v) is 4.05. The van der Waals surface area contributed by atoms with Gasteiger partial charge in [0.2, 0.25) is 3.57 Å². The molecule has 0 radical (unpaired) electrons. The first kappa shape index (κ1) is 12.6. The molecule has 0 atom stereocenters. The van der Waals surface area contributed by atoms with E-state index in [1.165, 1.54) is 3.57 Å². The van der Waals surface area contributed by atoms with Gasteiger partial charge in [0.05, 0.1) is 11.5 Å². The summed E-state index contributed by atoms with van der Waals surface area (Å²) < 4.78 is 3.09. The van der Waals surface area contributed by atoms with Crippen LogP contribution in [0.4, 0.5) is 0 Å². The van der Waals surface area contributed by atoms with Crippen LogP contribution in [0, 0.1) is 7.14 Å². The lowest BCUT2D eigenvalue weighted by Crippen LogP contribution is -3.61. The molecule has 0 saturated heterocycles. The van der Waals surface area contributed by atoms with E-state index < -0.39 is 27.2 Å². The fraction of sp³-hybridized carbons (Fsp3) is 0. The maximum absolute atomic E-state index is 11.0. The van der Waals surface area contributed by atoms with Gasteiger partial charge in [0.25, 0.3) is 0 Å². The van der Waals surface area contributed by atoms with Gasteiger partial charge in [-0.3, -0.25) is 0 Å². The standard InChI is InChI=1S/C13H8BrIO2/c14-9-5-7-10(8-6-9)15-12-4-2-1-3-11(12)13(16)17/h1-8H. The van der Waals surface area contributed by atoms with E-state index >= 15 is 0 Å². The van der Waals surface area contributed by atoms with Gasteiger partial charge in [0.15, 0.2) is 3.57 Å². The van der Waals surface area contributed by atoms with Crippen LogP contribution < -0.4 is 26.3 Å². The van der Waals surface area contributed by atoms with Crippen LogP contribution in [-0.4, -0.2) is 5.97 Å². The van der Waals surface area contributed by atoms with Crippen molar-refractivity contribution >= 4 is 21.9 Å². The van der Waals surface area contributed by atoms with Crippen molar-refractivity contribution in [1.29, 1.82) is 0 Å². The molecule has 0 amide bonds. The summed E-state index contributed by atoms with van der Waals surface area (Å²) in [6.07, 6.45) is 0. The lowest BCUT2D eigenvalue weighted by atomic mass is 10.2. The smallest absolute Gasteiger partial charge is 0.358 e. The summed E-state index contributed by atoms with van der Waals surface area (Å²) in [5, 5.41) is 11.0. The van der Waals surface area contributed by atoms with Crippen LogP contribution in [0.2, 0.25) is 0 Å². The number of carbonyl (C=O) groups is 1. The van der Waals surface area contributed by atoms with Crippen molar-refractivity contribution in [2.45, 2.75) is 0 Å². The average Bonchev–Trinajstić information content (AvgIpc) is 2.32. The first-order valence-corrected chi connectivity index (χ1v) is 7.82. The summed E-state index contributed by atoms with van der Waals surface area (Å²) in [5.74, 6) is -1.10. The minimum Gasteiger partial charge on any atom is -0.545 e. The number of carboxylic acids is 1. The largest absolute Gasteiger partial charge is 0.545 e. The van der Waals surface area contributed by atoms with Crippen LogP contribution in [0.5, 0.6) is 0 Å². The maximum Gasteiger partial charge on any atom is 0.358 e. The lowest BCUT2D eigenvalue weighted by molar-refractivity contribution is -0.598. The van der Waals surface area contributed by atoms with E-state index in [1.54, 1.807) is 12.1 Å². The number of rotatable bonds is 3. The number of carbonyl (C=O) groups excluding carboxylic acids is 1. The monoisotopic (exact) mass is 402 g/mol. The Hall–Kier alpha value is -0.880.